The molecule has 0 aliphatic rings. The van der Waals surface area contributed by atoms with E-state index in [0.29, 0.717) is 6.04 Å². The molecule has 0 aromatic heterocycles. The van der Waals surface area contributed by atoms with Gasteiger partial charge in [-0.2, -0.15) is 0 Å². The van der Waals surface area contributed by atoms with Crippen molar-refractivity contribution in [2.24, 2.45) is 11.8 Å². The van der Waals surface area contributed by atoms with Gasteiger partial charge in [0.25, 0.3) is 0 Å². The third-order valence-electron chi connectivity index (χ3n) is 6.29. The largest absolute Gasteiger partial charge is 0.301 e. The van der Waals surface area contributed by atoms with Crippen LogP contribution in [0.5, 0.6) is 0 Å². The molecule has 0 heterocycles. The average Bonchev–Trinajstić information content (AvgIpc) is 2.63. The van der Waals surface area contributed by atoms with Crippen molar-refractivity contribution >= 4 is 0 Å². The van der Waals surface area contributed by atoms with Gasteiger partial charge in [-0.15, -0.1) is 0 Å². The molecule has 0 rings (SSSR count). The summed E-state index contributed by atoms with van der Waals surface area (Å²) in [6, 6.07) is 0.717. The van der Waals surface area contributed by atoms with E-state index in [9.17, 15) is 0 Å². The van der Waals surface area contributed by atoms with E-state index in [1.54, 1.807) is 0 Å². The van der Waals surface area contributed by atoms with Crippen LogP contribution in [0.15, 0.2) is 12.2 Å². The molecular weight excluding hydrogens is 302 g/mol. The molecule has 25 heavy (non-hydrogen) atoms. The van der Waals surface area contributed by atoms with Crippen molar-refractivity contribution in [3.63, 3.8) is 0 Å². The minimum Gasteiger partial charge on any atom is -0.301 e. The van der Waals surface area contributed by atoms with Crippen LogP contribution in [0.25, 0.3) is 0 Å². The van der Waals surface area contributed by atoms with Crippen molar-refractivity contribution in [2.45, 2.75) is 118 Å². The molecule has 0 amide bonds. The van der Waals surface area contributed by atoms with Crippen LogP contribution >= 0.6 is 0 Å². The highest BCUT2D eigenvalue weighted by atomic mass is 15.1. The summed E-state index contributed by atoms with van der Waals surface area (Å²) in [5, 5.41) is 0. The first-order valence-electron chi connectivity index (χ1n) is 11.4. The van der Waals surface area contributed by atoms with Crippen LogP contribution in [0.3, 0.4) is 0 Å². The maximum atomic E-state index is 4.44. The molecule has 1 heteroatoms. The Labute approximate surface area is 160 Å². The van der Waals surface area contributed by atoms with Gasteiger partial charge in [-0.1, -0.05) is 91.7 Å². The summed E-state index contributed by atoms with van der Waals surface area (Å²) in [4.78, 5) is 2.62. The van der Waals surface area contributed by atoms with Crippen LogP contribution in [0.2, 0.25) is 0 Å². The molecule has 1 nitrogen and oxygen atoms in total. The fourth-order valence-electron chi connectivity index (χ4n) is 4.20. The zero-order chi connectivity index (χ0) is 19.1. The second-order valence-electron chi connectivity index (χ2n) is 8.13. The van der Waals surface area contributed by atoms with Crippen LogP contribution in [-0.2, 0) is 0 Å². The lowest BCUT2D eigenvalue weighted by Gasteiger charge is -2.28. The first-order chi connectivity index (χ1) is 12.0. The fraction of sp³-hybridized carbons (Fsp3) is 0.917. The van der Waals surface area contributed by atoms with Crippen LogP contribution in [0.4, 0.5) is 0 Å². The predicted octanol–water partition coefficient (Wildman–Crippen LogP) is 7.86. The van der Waals surface area contributed by atoms with Crippen LogP contribution in [0.1, 0.15) is 112 Å². The van der Waals surface area contributed by atoms with Crippen LogP contribution < -0.4 is 0 Å². The van der Waals surface area contributed by atoms with Crippen LogP contribution in [-0.4, -0.2) is 24.0 Å². The summed E-state index contributed by atoms with van der Waals surface area (Å²) in [6.45, 7) is 20.9. The minimum absolute atomic E-state index is 0.717. The molecular formula is C24H49N. The van der Waals surface area contributed by atoms with Gasteiger partial charge in [-0.25, -0.2) is 0 Å². The van der Waals surface area contributed by atoms with Crippen molar-refractivity contribution in [1.29, 1.82) is 0 Å². The molecule has 0 N–H and O–H groups in total. The minimum atomic E-state index is 0.717. The Hall–Kier alpha value is -0.300. The molecule has 0 bridgehead atoms. The predicted molar refractivity (Wildman–Crippen MR) is 116 cm³/mol. The van der Waals surface area contributed by atoms with Gasteiger partial charge in [0.15, 0.2) is 0 Å². The highest BCUT2D eigenvalue weighted by Crippen LogP contribution is 2.31. The topological polar surface area (TPSA) is 3.24 Å². The third-order valence-corrected chi connectivity index (χ3v) is 6.29. The molecule has 0 aromatic rings. The van der Waals surface area contributed by atoms with Gasteiger partial charge in [0.05, 0.1) is 0 Å². The standard InChI is InChI=1S/C24H49N/c1-8-13-14-15-18-23(10-3)24(11-4)20-21(6)17-16-19-25(12-5)22(7)9-2/h22-24H,6,8-20H2,1-5,7H3. The maximum Gasteiger partial charge on any atom is 0.00641 e. The molecule has 0 fully saturated rings. The monoisotopic (exact) mass is 351 g/mol. The smallest absolute Gasteiger partial charge is 0.00641 e. The molecule has 0 spiro atoms. The number of unbranched alkanes of at least 4 members (excludes halogenated alkanes) is 3. The molecule has 0 saturated carbocycles. The average molecular weight is 352 g/mol. The normalized spacial score (nSPS) is 15.3. The summed E-state index contributed by atoms with van der Waals surface area (Å²) in [5.74, 6) is 1.77. The van der Waals surface area contributed by atoms with Crippen molar-refractivity contribution in [3.8, 4) is 0 Å². The Morgan fingerprint density at radius 2 is 1.52 bits per heavy atom. The van der Waals surface area contributed by atoms with Crippen molar-refractivity contribution in [2.75, 3.05) is 13.1 Å². The lowest BCUT2D eigenvalue weighted by molar-refractivity contribution is 0.211. The van der Waals surface area contributed by atoms with Gasteiger partial charge in [0.2, 0.25) is 0 Å². The van der Waals surface area contributed by atoms with E-state index < -0.39 is 0 Å². The summed E-state index contributed by atoms with van der Waals surface area (Å²) < 4.78 is 0. The fourth-order valence-corrected chi connectivity index (χ4v) is 4.20. The summed E-state index contributed by atoms with van der Waals surface area (Å²) in [5.41, 5.74) is 1.50. The first-order valence-corrected chi connectivity index (χ1v) is 11.4. The van der Waals surface area contributed by atoms with E-state index >= 15 is 0 Å². The highest BCUT2D eigenvalue weighted by molar-refractivity contribution is 4.97. The van der Waals surface area contributed by atoms with E-state index in [1.165, 1.54) is 89.3 Å². The van der Waals surface area contributed by atoms with E-state index in [4.69, 9.17) is 0 Å². The Morgan fingerprint density at radius 3 is 2.04 bits per heavy atom. The van der Waals surface area contributed by atoms with Gasteiger partial charge in [0, 0.05) is 6.04 Å². The Bertz CT molecular complexity index is 309. The molecule has 0 aliphatic heterocycles. The molecule has 3 unspecified atom stereocenters. The maximum absolute atomic E-state index is 4.44. The van der Waals surface area contributed by atoms with E-state index in [1.807, 2.05) is 0 Å². The van der Waals surface area contributed by atoms with Gasteiger partial charge >= 0.3 is 0 Å². The van der Waals surface area contributed by atoms with Gasteiger partial charge in [-0.3, -0.25) is 0 Å². The Balaban J connectivity index is 4.24. The molecule has 0 saturated heterocycles. The second kappa shape index (κ2) is 15.9. The first kappa shape index (κ1) is 24.7. The Kier molecular flexibility index (Phi) is 15.7. The molecule has 0 aliphatic carbocycles. The lowest BCUT2D eigenvalue weighted by atomic mass is 9.80. The van der Waals surface area contributed by atoms with E-state index in [0.717, 1.165) is 11.8 Å². The summed E-state index contributed by atoms with van der Waals surface area (Å²) >= 11 is 0. The second-order valence-corrected chi connectivity index (χ2v) is 8.13. The zero-order valence-electron chi connectivity index (χ0n) is 18.6. The lowest BCUT2D eigenvalue weighted by Crippen LogP contribution is -2.33. The molecule has 0 aromatic carbocycles. The molecule has 3 atom stereocenters. The van der Waals surface area contributed by atoms with Crippen molar-refractivity contribution in [1.82, 2.24) is 4.90 Å². The zero-order valence-corrected chi connectivity index (χ0v) is 18.6. The quantitative estimate of drug-likeness (QED) is 0.190. The van der Waals surface area contributed by atoms with Gasteiger partial charge < -0.3 is 4.90 Å². The molecule has 150 valence electrons. The SMILES string of the molecule is C=C(CCCN(CC)C(C)CC)CC(CC)C(CC)CCCCCC. The number of allylic oxidation sites excluding steroid dienone is 1. The van der Waals surface area contributed by atoms with E-state index in [-0.39, 0.29) is 0 Å². The summed E-state index contributed by atoms with van der Waals surface area (Å²) in [7, 11) is 0. The number of rotatable bonds is 17. The number of hydrogen-bond donors (Lipinski definition) is 0. The van der Waals surface area contributed by atoms with Crippen molar-refractivity contribution < 1.29 is 0 Å². The summed E-state index contributed by atoms with van der Waals surface area (Å²) in [6.07, 6.45) is 14.7. The number of hydrogen-bond acceptors (Lipinski definition) is 1. The highest BCUT2D eigenvalue weighted by Gasteiger charge is 2.19. The van der Waals surface area contributed by atoms with E-state index in [2.05, 4.69) is 53.0 Å². The van der Waals surface area contributed by atoms with Crippen molar-refractivity contribution in [3.05, 3.63) is 12.2 Å². The molecule has 0 radical (unpaired) electrons. The van der Waals surface area contributed by atoms with Gasteiger partial charge in [-0.05, 0) is 57.5 Å². The number of nitrogens with zero attached hydrogens (tertiary/aromatic N) is 1. The van der Waals surface area contributed by atoms with Crippen LogP contribution in [0, 0.1) is 11.8 Å². The third kappa shape index (κ3) is 11.1. The van der Waals surface area contributed by atoms with Gasteiger partial charge in [0.1, 0.15) is 0 Å². The Morgan fingerprint density at radius 1 is 0.840 bits per heavy atom.